The highest BCUT2D eigenvalue weighted by molar-refractivity contribution is 5.94. The van der Waals surface area contributed by atoms with E-state index in [1.807, 2.05) is 17.7 Å². The molecule has 0 aliphatic rings. The zero-order valence-corrected chi connectivity index (χ0v) is 15.0. The van der Waals surface area contributed by atoms with Crippen LogP contribution in [0, 0.1) is 20.8 Å². The van der Waals surface area contributed by atoms with Gasteiger partial charge in [0.25, 0.3) is 0 Å². The van der Waals surface area contributed by atoms with Gasteiger partial charge in [0.2, 0.25) is 5.69 Å². The summed E-state index contributed by atoms with van der Waals surface area (Å²) in [6.07, 6.45) is 0.539. The number of hydrogen-bond acceptors (Lipinski definition) is 0. The molecule has 0 saturated carbocycles. The zero-order valence-electron chi connectivity index (χ0n) is 16.0. The Bertz CT molecular complexity index is 939. The molecule has 1 nitrogen and oxygen atoms in total. The lowest BCUT2D eigenvalue weighted by atomic mass is 9.93. The van der Waals surface area contributed by atoms with Crippen molar-refractivity contribution < 1.29 is 5.94 Å². The van der Waals surface area contributed by atoms with E-state index >= 15 is 0 Å². The fourth-order valence-corrected chi connectivity index (χ4v) is 3.30. The Kier molecular flexibility index (Phi) is 3.65. The fraction of sp³-hybridized carbons (Fsp3) is 0.318. The summed E-state index contributed by atoms with van der Waals surface area (Å²) < 4.78 is 10.4. The summed E-state index contributed by atoms with van der Waals surface area (Å²) in [6, 6.07) is 13.1. The topological polar surface area (TPSA) is 3.88 Å². The molecule has 0 amide bonds. The van der Waals surface area contributed by atoms with Gasteiger partial charge < -0.3 is 0 Å². The number of pyridine rings is 1. The van der Waals surface area contributed by atoms with Gasteiger partial charge in [-0.2, -0.15) is 0 Å². The van der Waals surface area contributed by atoms with E-state index in [9.17, 15) is 0 Å². The van der Waals surface area contributed by atoms with E-state index in [4.69, 9.17) is 1.37 Å². The molecule has 0 aliphatic heterocycles. The smallest absolute Gasteiger partial charge is 0.200 e. The quantitative estimate of drug-likeness (QED) is 0.560. The van der Waals surface area contributed by atoms with Crippen molar-refractivity contribution in [3.05, 3.63) is 64.8 Å². The van der Waals surface area contributed by atoms with Crippen molar-refractivity contribution in [1.29, 1.82) is 0 Å². The minimum absolute atomic E-state index is 0.490. The van der Waals surface area contributed by atoms with Gasteiger partial charge in [0.05, 0.1) is 10.9 Å². The Morgan fingerprint density at radius 1 is 1.00 bits per heavy atom. The first-order chi connectivity index (χ1) is 11.3. The molecule has 0 saturated heterocycles. The number of aromatic nitrogens is 1. The van der Waals surface area contributed by atoms with Crippen LogP contribution in [0.2, 0.25) is 0 Å². The van der Waals surface area contributed by atoms with Crippen molar-refractivity contribution in [2.24, 2.45) is 7.05 Å². The third kappa shape index (κ3) is 2.76. The molecular formula is C22H26N+. The Labute approximate surface area is 141 Å². The molecule has 2 aromatic carbocycles. The molecule has 23 heavy (non-hydrogen) atoms. The van der Waals surface area contributed by atoms with Gasteiger partial charge in [-0.25, -0.2) is 4.57 Å². The predicted molar refractivity (Wildman–Crippen MR) is 98.9 cm³/mol. The lowest BCUT2D eigenvalue weighted by Crippen LogP contribution is -2.30. The van der Waals surface area contributed by atoms with E-state index in [-0.39, 0.29) is 0 Å². The highest BCUT2D eigenvalue weighted by atomic mass is 14.9. The van der Waals surface area contributed by atoms with Crippen LogP contribution in [0.1, 0.15) is 43.4 Å². The number of fused-ring (bicyclic) bond motifs is 1. The molecule has 1 aromatic heterocycles. The number of rotatable bonds is 2. The second kappa shape index (κ2) is 5.81. The van der Waals surface area contributed by atoms with E-state index in [0.717, 1.165) is 11.1 Å². The van der Waals surface area contributed by atoms with Gasteiger partial charge in [0.1, 0.15) is 8.42 Å². The van der Waals surface area contributed by atoms with E-state index in [1.54, 1.807) is 0 Å². The first kappa shape index (κ1) is 14.4. The maximum atomic E-state index is 8.41. The number of aryl methyl sites for hydroxylation is 2. The Morgan fingerprint density at radius 2 is 1.74 bits per heavy atom. The van der Waals surface area contributed by atoms with Crippen LogP contribution in [-0.2, 0) is 7.05 Å². The van der Waals surface area contributed by atoms with E-state index in [0.29, 0.717) is 12.1 Å². The average molecular weight is 305 g/mol. The van der Waals surface area contributed by atoms with Crippen molar-refractivity contribution in [3.63, 3.8) is 0 Å². The second-order valence-electron chi connectivity index (χ2n) is 6.94. The monoisotopic (exact) mass is 305 g/mol. The molecular weight excluding hydrogens is 278 g/mol. The van der Waals surface area contributed by atoms with Gasteiger partial charge in [-0.15, -0.1) is 0 Å². The third-order valence-corrected chi connectivity index (χ3v) is 4.81. The fourth-order valence-electron chi connectivity index (χ4n) is 3.30. The van der Waals surface area contributed by atoms with Crippen LogP contribution >= 0.6 is 0 Å². The van der Waals surface area contributed by atoms with Crippen molar-refractivity contribution in [2.75, 3.05) is 0 Å². The highest BCUT2D eigenvalue weighted by Gasteiger charge is 2.18. The molecule has 0 aliphatic carbocycles. The highest BCUT2D eigenvalue weighted by Crippen LogP contribution is 2.31. The van der Waals surface area contributed by atoms with Crippen LogP contribution in [0.4, 0.5) is 0 Å². The van der Waals surface area contributed by atoms with Gasteiger partial charge in [-0.05, 0) is 60.9 Å². The first-order valence-electron chi connectivity index (χ1n) is 8.81. The Balaban J connectivity index is 2.41. The minimum Gasteiger partial charge on any atom is -0.200 e. The molecule has 3 rings (SSSR count). The predicted octanol–water partition coefficient (Wildman–Crippen LogP) is 5.38. The zero-order chi connectivity index (χ0) is 17.6. The van der Waals surface area contributed by atoms with E-state index in [1.165, 1.54) is 33.2 Å². The van der Waals surface area contributed by atoms with Gasteiger partial charge in [0.15, 0.2) is 6.17 Å². The van der Waals surface area contributed by atoms with Crippen LogP contribution in [0.25, 0.3) is 22.0 Å². The largest absolute Gasteiger partial charge is 0.220 e. The van der Waals surface area contributed by atoms with Crippen LogP contribution in [0.15, 0.2) is 42.6 Å². The standard InChI is InChI=1S/C22H26N/c1-14(2)18-7-8-20-19(13-18)9-10-23(6)22(20)21-12-15(3)11-16(4)17(21)5/h7-14H,1-6H3/q+1/i10D. The summed E-state index contributed by atoms with van der Waals surface area (Å²) in [5, 5.41) is 2.36. The summed E-state index contributed by atoms with van der Waals surface area (Å²) in [6.45, 7) is 10.9. The molecule has 3 aromatic rings. The number of hydrogen-bond donors (Lipinski definition) is 0. The van der Waals surface area contributed by atoms with Crippen LogP contribution in [0.3, 0.4) is 0 Å². The molecule has 118 valence electrons. The minimum atomic E-state index is 0.490. The molecule has 0 spiro atoms. The summed E-state index contributed by atoms with van der Waals surface area (Å²) in [7, 11) is 1.99. The Morgan fingerprint density at radius 3 is 2.43 bits per heavy atom. The van der Waals surface area contributed by atoms with Gasteiger partial charge in [0, 0.05) is 6.07 Å². The molecule has 0 N–H and O–H groups in total. The third-order valence-electron chi connectivity index (χ3n) is 4.81. The van der Waals surface area contributed by atoms with Crippen molar-refractivity contribution in [2.45, 2.75) is 40.5 Å². The van der Waals surface area contributed by atoms with Crippen LogP contribution < -0.4 is 4.57 Å². The normalized spacial score (nSPS) is 12.0. The number of benzene rings is 2. The lowest BCUT2D eigenvalue weighted by molar-refractivity contribution is -0.659. The maximum Gasteiger partial charge on any atom is 0.220 e. The maximum absolute atomic E-state index is 8.41. The van der Waals surface area contributed by atoms with Gasteiger partial charge >= 0.3 is 0 Å². The molecule has 0 fully saturated rings. The van der Waals surface area contributed by atoms with Gasteiger partial charge in [-0.3, -0.25) is 0 Å². The molecule has 0 bridgehead atoms. The first-order valence-corrected chi connectivity index (χ1v) is 8.31. The summed E-state index contributed by atoms with van der Waals surface area (Å²) >= 11 is 0. The summed E-state index contributed by atoms with van der Waals surface area (Å²) in [5.41, 5.74) is 7.53. The molecule has 0 unspecified atom stereocenters. The number of nitrogens with zero attached hydrogens (tertiary/aromatic N) is 1. The SMILES string of the molecule is [2H]c1cc2cc(C(C)C)ccc2c(-c2cc(C)cc(C)c2C)[n+]1C. The second-order valence-corrected chi connectivity index (χ2v) is 6.94. The van der Waals surface area contributed by atoms with E-state index in [2.05, 4.69) is 65.0 Å². The van der Waals surface area contributed by atoms with Crippen molar-refractivity contribution in [1.82, 2.24) is 0 Å². The summed E-state index contributed by atoms with van der Waals surface area (Å²) in [4.78, 5) is 0. The van der Waals surface area contributed by atoms with Crippen LogP contribution in [-0.4, -0.2) is 0 Å². The molecule has 0 atom stereocenters. The Hall–Kier alpha value is -2.15. The molecule has 0 radical (unpaired) electrons. The molecule has 1 heterocycles. The van der Waals surface area contributed by atoms with Crippen LogP contribution in [0.5, 0.6) is 0 Å². The van der Waals surface area contributed by atoms with Gasteiger partial charge in [-0.1, -0.05) is 37.6 Å². The van der Waals surface area contributed by atoms with Crippen molar-refractivity contribution in [3.8, 4) is 11.3 Å². The molecule has 1 heteroatoms. The average Bonchev–Trinajstić information content (AvgIpc) is 2.52. The van der Waals surface area contributed by atoms with Crippen molar-refractivity contribution >= 4 is 10.8 Å². The summed E-state index contributed by atoms with van der Waals surface area (Å²) in [5.74, 6) is 0.490. The van der Waals surface area contributed by atoms with E-state index < -0.39 is 0 Å². The lowest BCUT2D eigenvalue weighted by Gasteiger charge is -2.12.